The second-order valence-corrected chi connectivity index (χ2v) is 18.0. The number of para-hydroxylation sites is 1. The summed E-state index contributed by atoms with van der Waals surface area (Å²) in [7, 11) is -2.27. The summed E-state index contributed by atoms with van der Waals surface area (Å²) < 4.78 is 29.3. The summed E-state index contributed by atoms with van der Waals surface area (Å²) in [6.07, 6.45) is 0. The van der Waals surface area contributed by atoms with Gasteiger partial charge in [0.1, 0.15) is 5.75 Å². The summed E-state index contributed by atoms with van der Waals surface area (Å²) in [5.41, 5.74) is 0.987. The minimum absolute atomic E-state index is 0.0178. The molecular weight excluding hydrogens is 494 g/mol. The minimum Gasteiger partial charge on any atom is -0.496 e. The van der Waals surface area contributed by atoms with Gasteiger partial charge < -0.3 is 9.16 Å². The first kappa shape index (κ1) is 29.3. The normalized spacial score (nSPS) is 15.1. The van der Waals surface area contributed by atoms with Crippen LogP contribution in [0.25, 0.3) is 0 Å². The van der Waals surface area contributed by atoms with Crippen LogP contribution in [0.2, 0.25) is 5.04 Å². The molecule has 0 radical (unpaired) electrons. The zero-order valence-corrected chi connectivity index (χ0v) is 25.4. The maximum atomic E-state index is 13.3. The van der Waals surface area contributed by atoms with Gasteiger partial charge >= 0.3 is 0 Å². The molecule has 0 spiro atoms. The van der Waals surface area contributed by atoms with E-state index in [0.29, 0.717) is 6.61 Å². The molecule has 0 aromatic heterocycles. The Morgan fingerprint density at radius 2 is 1.30 bits per heavy atom. The third-order valence-electron chi connectivity index (χ3n) is 6.81. The molecule has 6 heteroatoms. The number of nitrogens with one attached hydrogen (secondary N) is 1. The first-order chi connectivity index (χ1) is 17.4. The smallest absolute Gasteiger partial charge is 0.261 e. The highest BCUT2D eigenvalue weighted by atomic mass is 32.2. The fourth-order valence-electron chi connectivity index (χ4n) is 4.82. The highest BCUT2D eigenvalue weighted by Gasteiger charge is 2.50. The van der Waals surface area contributed by atoms with E-state index in [9.17, 15) is 4.21 Å². The minimum atomic E-state index is -2.69. The molecule has 0 aliphatic rings. The monoisotopic (exact) mass is 537 g/mol. The summed E-state index contributed by atoms with van der Waals surface area (Å²) in [4.78, 5) is 0. The third kappa shape index (κ3) is 6.61. The lowest BCUT2D eigenvalue weighted by Crippen LogP contribution is -2.67. The maximum Gasteiger partial charge on any atom is 0.261 e. The van der Waals surface area contributed by atoms with Crippen LogP contribution in [0.5, 0.6) is 5.75 Å². The van der Waals surface area contributed by atoms with Crippen molar-refractivity contribution < 1.29 is 13.4 Å². The molecule has 0 aliphatic heterocycles. The van der Waals surface area contributed by atoms with E-state index in [4.69, 9.17) is 9.16 Å². The molecule has 3 atom stereocenters. The van der Waals surface area contributed by atoms with Crippen molar-refractivity contribution in [2.45, 2.75) is 64.3 Å². The lowest BCUT2D eigenvalue weighted by Gasteiger charge is -2.44. The number of methoxy groups -OCH3 is 1. The standard InChI is InChI=1S/C31H43NO3SSi/c1-24(29(32-36(33)30(2,3)4)27-21-15-16-22-28(27)34-8)23-35-37(31(5,6)7,25-17-11-9-12-18-25)26-19-13-10-14-20-26/h9-22,24,29,32H,23H2,1-8H3/t24-,29+,36?/m0/s1. The van der Waals surface area contributed by atoms with Crippen LogP contribution in [0.3, 0.4) is 0 Å². The fourth-order valence-corrected chi connectivity index (χ4v) is 10.4. The van der Waals surface area contributed by atoms with Crippen LogP contribution in [0.1, 0.15) is 60.1 Å². The molecule has 0 fully saturated rings. The van der Waals surface area contributed by atoms with E-state index in [1.54, 1.807) is 7.11 Å². The van der Waals surface area contributed by atoms with Gasteiger partial charge in [0.05, 0.1) is 28.9 Å². The molecule has 3 rings (SSSR count). The van der Waals surface area contributed by atoms with Gasteiger partial charge in [-0.1, -0.05) is 107 Å². The lowest BCUT2D eigenvalue weighted by molar-refractivity contribution is 0.218. The Kier molecular flexibility index (Phi) is 9.56. The van der Waals surface area contributed by atoms with Gasteiger partial charge in [-0.3, -0.25) is 0 Å². The van der Waals surface area contributed by atoms with E-state index in [0.717, 1.165) is 11.3 Å². The molecule has 0 aliphatic carbocycles. The van der Waals surface area contributed by atoms with Crippen molar-refractivity contribution in [1.82, 2.24) is 4.72 Å². The Balaban J connectivity index is 2.06. The van der Waals surface area contributed by atoms with Gasteiger partial charge in [0.2, 0.25) is 0 Å². The van der Waals surface area contributed by atoms with Gasteiger partial charge in [0.25, 0.3) is 8.32 Å². The van der Waals surface area contributed by atoms with Crippen LogP contribution >= 0.6 is 0 Å². The molecule has 37 heavy (non-hydrogen) atoms. The number of benzene rings is 3. The molecule has 200 valence electrons. The van der Waals surface area contributed by atoms with E-state index in [1.165, 1.54) is 10.4 Å². The highest BCUT2D eigenvalue weighted by Crippen LogP contribution is 2.38. The first-order valence-corrected chi connectivity index (χ1v) is 16.0. The van der Waals surface area contributed by atoms with Crippen molar-refractivity contribution in [3.05, 3.63) is 90.5 Å². The van der Waals surface area contributed by atoms with Crippen LogP contribution in [0.15, 0.2) is 84.9 Å². The zero-order valence-electron chi connectivity index (χ0n) is 23.6. The van der Waals surface area contributed by atoms with Gasteiger partial charge in [0.15, 0.2) is 0 Å². The molecule has 0 heterocycles. The predicted octanol–water partition coefficient (Wildman–Crippen LogP) is 6.00. The summed E-state index contributed by atoms with van der Waals surface area (Å²) in [6.45, 7) is 15.5. The van der Waals surface area contributed by atoms with Crippen LogP contribution in [-0.2, 0) is 15.4 Å². The molecular formula is C31H43NO3SSi. The van der Waals surface area contributed by atoms with E-state index in [2.05, 4.69) is 99.1 Å². The first-order valence-electron chi connectivity index (χ1n) is 13.0. The molecule has 0 saturated heterocycles. The summed E-state index contributed by atoms with van der Waals surface area (Å²) >= 11 is 0. The van der Waals surface area contributed by atoms with Crippen molar-refractivity contribution in [3.8, 4) is 5.75 Å². The quantitative estimate of drug-likeness (QED) is 0.323. The van der Waals surface area contributed by atoms with Crippen LogP contribution in [0.4, 0.5) is 0 Å². The molecule has 0 saturated carbocycles. The summed E-state index contributed by atoms with van der Waals surface area (Å²) in [5, 5.41) is 2.39. The van der Waals surface area contributed by atoms with Crippen molar-refractivity contribution in [2.75, 3.05) is 13.7 Å². The van der Waals surface area contributed by atoms with E-state index in [1.807, 2.05) is 39.0 Å². The van der Waals surface area contributed by atoms with Gasteiger partial charge in [-0.2, -0.15) is 0 Å². The molecule has 1 N–H and O–H groups in total. The number of ether oxygens (including phenoxy) is 1. The summed E-state index contributed by atoms with van der Waals surface area (Å²) in [6, 6.07) is 29.1. The lowest BCUT2D eigenvalue weighted by atomic mass is 9.95. The van der Waals surface area contributed by atoms with E-state index < -0.39 is 24.1 Å². The molecule has 1 unspecified atom stereocenters. The van der Waals surface area contributed by atoms with Crippen LogP contribution < -0.4 is 19.8 Å². The average molecular weight is 538 g/mol. The Hall–Kier alpha value is -2.25. The number of hydrogen-bond acceptors (Lipinski definition) is 3. The second-order valence-electron chi connectivity index (χ2n) is 11.7. The van der Waals surface area contributed by atoms with Crippen LogP contribution in [0, 0.1) is 5.92 Å². The van der Waals surface area contributed by atoms with Gasteiger partial charge in [-0.15, -0.1) is 0 Å². The van der Waals surface area contributed by atoms with Crippen molar-refractivity contribution in [2.24, 2.45) is 5.92 Å². The van der Waals surface area contributed by atoms with Crippen molar-refractivity contribution in [3.63, 3.8) is 0 Å². The number of rotatable bonds is 10. The SMILES string of the molecule is COc1ccccc1[C@H](NS(=O)C(C)(C)C)[C@@H](C)CO[Si](c1ccccc1)(c1ccccc1)C(C)(C)C. The van der Waals surface area contributed by atoms with Gasteiger partial charge in [0, 0.05) is 12.2 Å². The zero-order chi connectivity index (χ0) is 27.3. The Bertz CT molecular complexity index is 1120. The van der Waals surface area contributed by atoms with E-state index in [-0.39, 0.29) is 17.0 Å². The second kappa shape index (κ2) is 12.1. The van der Waals surface area contributed by atoms with Crippen LogP contribution in [-0.4, -0.2) is 31.0 Å². The molecule has 0 bridgehead atoms. The summed E-state index contributed by atoms with van der Waals surface area (Å²) in [5.74, 6) is 0.799. The Labute approximate surface area is 227 Å². The maximum absolute atomic E-state index is 13.3. The highest BCUT2D eigenvalue weighted by molar-refractivity contribution is 7.84. The molecule has 0 amide bonds. The molecule has 3 aromatic carbocycles. The largest absolute Gasteiger partial charge is 0.496 e. The number of hydrogen-bond donors (Lipinski definition) is 1. The van der Waals surface area contributed by atoms with E-state index >= 15 is 0 Å². The predicted molar refractivity (Wildman–Crippen MR) is 160 cm³/mol. The van der Waals surface area contributed by atoms with Crippen molar-refractivity contribution >= 4 is 29.7 Å². The fraction of sp³-hybridized carbons (Fsp3) is 0.419. The van der Waals surface area contributed by atoms with Crippen molar-refractivity contribution in [1.29, 1.82) is 0 Å². The third-order valence-corrected chi connectivity index (χ3v) is 13.4. The molecule has 4 nitrogen and oxygen atoms in total. The van der Waals surface area contributed by atoms with Gasteiger partial charge in [-0.05, 0) is 48.2 Å². The topological polar surface area (TPSA) is 47.6 Å². The Morgan fingerprint density at radius 3 is 1.76 bits per heavy atom. The Morgan fingerprint density at radius 1 is 0.811 bits per heavy atom. The average Bonchev–Trinajstić information content (AvgIpc) is 2.87. The van der Waals surface area contributed by atoms with Gasteiger partial charge in [-0.25, -0.2) is 8.93 Å². The molecule has 3 aromatic rings.